The largest absolute Gasteiger partial charge is 0.360 e. The first-order valence-corrected chi connectivity index (χ1v) is 7.06. The van der Waals surface area contributed by atoms with Crippen LogP contribution < -0.4 is 5.32 Å². The maximum absolute atomic E-state index is 12.5. The summed E-state index contributed by atoms with van der Waals surface area (Å²) >= 11 is 3.46. The van der Waals surface area contributed by atoms with Gasteiger partial charge in [0.2, 0.25) is 0 Å². The Kier molecular flexibility index (Phi) is 3.22. The van der Waals surface area contributed by atoms with Gasteiger partial charge in [0.25, 0.3) is 0 Å². The lowest BCUT2D eigenvalue weighted by Crippen LogP contribution is -2.34. The molecule has 1 unspecified atom stereocenters. The molecule has 0 bridgehead atoms. The minimum Gasteiger partial charge on any atom is -0.360 e. The first-order valence-electron chi connectivity index (χ1n) is 6.27. The molecule has 0 aliphatic carbocycles. The molecule has 1 atom stereocenters. The normalized spacial score (nSPS) is 20.2. The van der Waals surface area contributed by atoms with Crippen molar-refractivity contribution in [1.29, 1.82) is 0 Å². The molecule has 3 rings (SSSR count). The number of halogens is 1. The molecule has 0 radical (unpaired) electrons. The summed E-state index contributed by atoms with van der Waals surface area (Å²) in [7, 11) is 0. The molecule has 4 heteroatoms. The lowest BCUT2D eigenvalue weighted by atomic mass is 9.91. The van der Waals surface area contributed by atoms with E-state index in [0.29, 0.717) is 0 Å². The summed E-state index contributed by atoms with van der Waals surface area (Å²) in [4.78, 5) is 15.7. The number of hydrogen-bond donors (Lipinski definition) is 2. The number of aromatic amines is 1. The van der Waals surface area contributed by atoms with Crippen LogP contribution in [0.15, 0.2) is 28.9 Å². The molecule has 0 saturated carbocycles. The first kappa shape index (κ1) is 11.9. The molecule has 3 nitrogen and oxygen atoms in total. The Balaban J connectivity index is 1.98. The highest BCUT2D eigenvalue weighted by Gasteiger charge is 2.24. The van der Waals surface area contributed by atoms with E-state index in [1.54, 1.807) is 0 Å². The van der Waals surface area contributed by atoms with Crippen LogP contribution in [0.4, 0.5) is 0 Å². The fourth-order valence-corrected chi connectivity index (χ4v) is 2.95. The Morgan fingerprint density at radius 2 is 2.28 bits per heavy atom. The second-order valence-electron chi connectivity index (χ2n) is 4.80. The van der Waals surface area contributed by atoms with E-state index in [-0.39, 0.29) is 11.7 Å². The van der Waals surface area contributed by atoms with Crippen molar-refractivity contribution in [1.82, 2.24) is 10.3 Å². The number of benzene rings is 1. The molecule has 2 N–H and O–H groups in total. The van der Waals surface area contributed by atoms with Crippen LogP contribution in [0.1, 0.15) is 23.2 Å². The molecule has 0 amide bonds. The van der Waals surface area contributed by atoms with Crippen LogP contribution in [0.3, 0.4) is 0 Å². The summed E-state index contributed by atoms with van der Waals surface area (Å²) in [6.45, 7) is 1.84. The SMILES string of the molecule is O=C(c1c[nH]c2ccc(Br)cc12)C1CCCNC1. The smallest absolute Gasteiger partial charge is 0.169 e. The van der Waals surface area contributed by atoms with Gasteiger partial charge in [-0.05, 0) is 37.6 Å². The molecule has 1 aliphatic heterocycles. The van der Waals surface area contributed by atoms with Gasteiger partial charge in [-0.3, -0.25) is 4.79 Å². The third-order valence-electron chi connectivity index (χ3n) is 3.58. The third kappa shape index (κ3) is 2.10. The standard InChI is InChI=1S/C14H15BrN2O/c15-10-3-4-13-11(6-10)12(8-17-13)14(18)9-2-1-5-16-7-9/h3-4,6,8-9,16-17H,1-2,5,7H2. The van der Waals surface area contributed by atoms with Crippen LogP contribution in [-0.4, -0.2) is 23.9 Å². The van der Waals surface area contributed by atoms with E-state index in [1.165, 1.54) is 0 Å². The van der Waals surface area contributed by atoms with Crippen molar-refractivity contribution in [2.75, 3.05) is 13.1 Å². The van der Waals surface area contributed by atoms with Crippen LogP contribution >= 0.6 is 15.9 Å². The van der Waals surface area contributed by atoms with E-state index in [4.69, 9.17) is 0 Å². The molecule has 1 aromatic heterocycles. The van der Waals surface area contributed by atoms with Crippen LogP contribution in [0.25, 0.3) is 10.9 Å². The van der Waals surface area contributed by atoms with Crippen molar-refractivity contribution in [2.24, 2.45) is 5.92 Å². The number of aromatic nitrogens is 1. The maximum Gasteiger partial charge on any atom is 0.169 e. The number of rotatable bonds is 2. The minimum absolute atomic E-state index is 0.122. The number of ketones is 1. The van der Waals surface area contributed by atoms with Crippen molar-refractivity contribution in [3.05, 3.63) is 34.4 Å². The fourth-order valence-electron chi connectivity index (χ4n) is 2.59. The number of hydrogen-bond acceptors (Lipinski definition) is 2. The number of H-pyrrole nitrogens is 1. The zero-order valence-electron chi connectivity index (χ0n) is 10.0. The number of carbonyl (C=O) groups is 1. The van der Waals surface area contributed by atoms with Gasteiger partial charge in [-0.2, -0.15) is 0 Å². The highest BCUT2D eigenvalue weighted by Crippen LogP contribution is 2.26. The van der Waals surface area contributed by atoms with Crippen molar-refractivity contribution >= 4 is 32.6 Å². The molecule has 0 spiro atoms. The number of fused-ring (bicyclic) bond motifs is 1. The number of piperidine rings is 1. The van der Waals surface area contributed by atoms with Gasteiger partial charge in [0, 0.05) is 39.6 Å². The average Bonchev–Trinajstić information content (AvgIpc) is 2.82. The molecular weight excluding hydrogens is 292 g/mol. The molecule has 1 saturated heterocycles. The summed E-state index contributed by atoms with van der Waals surface area (Å²) in [5.74, 6) is 0.378. The topological polar surface area (TPSA) is 44.9 Å². The van der Waals surface area contributed by atoms with Gasteiger partial charge >= 0.3 is 0 Å². The number of carbonyl (C=O) groups excluding carboxylic acids is 1. The van der Waals surface area contributed by atoms with Gasteiger partial charge in [-0.15, -0.1) is 0 Å². The Morgan fingerprint density at radius 3 is 3.06 bits per heavy atom. The van der Waals surface area contributed by atoms with Crippen molar-refractivity contribution in [3.8, 4) is 0 Å². The third-order valence-corrected chi connectivity index (χ3v) is 4.07. The lowest BCUT2D eigenvalue weighted by molar-refractivity contribution is 0.0901. The van der Waals surface area contributed by atoms with Crippen molar-refractivity contribution < 1.29 is 4.79 Å². The summed E-state index contributed by atoms with van der Waals surface area (Å²) in [5.41, 5.74) is 1.84. The van der Waals surface area contributed by atoms with Gasteiger partial charge in [-0.1, -0.05) is 15.9 Å². The summed E-state index contributed by atoms with van der Waals surface area (Å²) in [6, 6.07) is 5.99. The zero-order valence-corrected chi connectivity index (χ0v) is 11.6. The average molecular weight is 307 g/mol. The Morgan fingerprint density at radius 1 is 1.39 bits per heavy atom. The zero-order chi connectivity index (χ0) is 12.5. The summed E-state index contributed by atoms with van der Waals surface area (Å²) < 4.78 is 1.01. The second-order valence-corrected chi connectivity index (χ2v) is 5.72. The Bertz CT molecular complexity index is 584. The molecular formula is C14H15BrN2O. The van der Waals surface area contributed by atoms with Crippen molar-refractivity contribution in [2.45, 2.75) is 12.8 Å². The molecule has 1 aromatic carbocycles. The number of nitrogens with one attached hydrogen (secondary N) is 2. The quantitative estimate of drug-likeness (QED) is 0.837. The monoisotopic (exact) mass is 306 g/mol. The predicted octanol–water partition coefficient (Wildman–Crippen LogP) is 3.11. The molecule has 1 aliphatic rings. The molecule has 18 heavy (non-hydrogen) atoms. The highest BCUT2D eigenvalue weighted by molar-refractivity contribution is 9.10. The van der Waals surface area contributed by atoms with Gasteiger partial charge in [0.05, 0.1) is 0 Å². The van der Waals surface area contributed by atoms with Gasteiger partial charge in [0.1, 0.15) is 0 Å². The second kappa shape index (κ2) is 4.86. The lowest BCUT2D eigenvalue weighted by Gasteiger charge is -2.21. The summed E-state index contributed by atoms with van der Waals surface area (Å²) in [6.07, 6.45) is 3.92. The van der Waals surface area contributed by atoms with Gasteiger partial charge in [0.15, 0.2) is 5.78 Å². The predicted molar refractivity (Wildman–Crippen MR) is 75.9 cm³/mol. The Hall–Kier alpha value is -1.13. The van der Waals surface area contributed by atoms with Gasteiger partial charge < -0.3 is 10.3 Å². The van der Waals surface area contributed by atoms with Crippen molar-refractivity contribution in [3.63, 3.8) is 0 Å². The van der Waals surface area contributed by atoms with E-state index in [0.717, 1.165) is 46.9 Å². The van der Waals surface area contributed by atoms with E-state index >= 15 is 0 Å². The number of Topliss-reactive ketones (excluding diaryl/α,β-unsaturated/α-hetero) is 1. The van der Waals surface area contributed by atoms with E-state index < -0.39 is 0 Å². The van der Waals surface area contributed by atoms with Crippen LogP contribution in [0.5, 0.6) is 0 Å². The van der Waals surface area contributed by atoms with Gasteiger partial charge in [-0.25, -0.2) is 0 Å². The highest BCUT2D eigenvalue weighted by atomic mass is 79.9. The molecule has 2 aromatic rings. The van der Waals surface area contributed by atoms with Crippen LogP contribution in [0.2, 0.25) is 0 Å². The molecule has 1 fully saturated rings. The first-order chi connectivity index (χ1) is 8.75. The maximum atomic E-state index is 12.5. The molecule has 94 valence electrons. The fraction of sp³-hybridized carbons (Fsp3) is 0.357. The van der Waals surface area contributed by atoms with Crippen LogP contribution in [-0.2, 0) is 0 Å². The molecule has 2 heterocycles. The minimum atomic E-state index is 0.122. The van der Waals surface area contributed by atoms with E-state index in [9.17, 15) is 4.79 Å². The Labute approximate surface area is 114 Å². The summed E-state index contributed by atoms with van der Waals surface area (Å²) in [5, 5.41) is 4.31. The van der Waals surface area contributed by atoms with E-state index in [2.05, 4.69) is 26.2 Å². The van der Waals surface area contributed by atoms with E-state index in [1.807, 2.05) is 24.4 Å². The van der Waals surface area contributed by atoms with Crippen LogP contribution in [0, 0.1) is 5.92 Å².